The number of imide groups is 1. The van der Waals surface area contributed by atoms with Gasteiger partial charge in [0.25, 0.3) is 5.91 Å². The predicted molar refractivity (Wildman–Crippen MR) is 101 cm³/mol. The summed E-state index contributed by atoms with van der Waals surface area (Å²) in [4.78, 5) is 26.4. The molecule has 0 bridgehead atoms. The smallest absolute Gasteiger partial charge is 0.322 e. The molecule has 3 amide bonds. The van der Waals surface area contributed by atoms with Crippen molar-refractivity contribution in [3.8, 4) is 5.69 Å². The number of rotatable bonds is 5. The Morgan fingerprint density at radius 2 is 1.89 bits per heavy atom. The molecule has 7 heteroatoms. The molecule has 0 saturated carbocycles. The van der Waals surface area contributed by atoms with Gasteiger partial charge < -0.3 is 5.32 Å². The van der Waals surface area contributed by atoms with Crippen molar-refractivity contribution in [1.82, 2.24) is 25.3 Å². The van der Waals surface area contributed by atoms with E-state index in [1.807, 2.05) is 36.0 Å². The van der Waals surface area contributed by atoms with Crippen molar-refractivity contribution >= 4 is 11.9 Å². The molecular formula is C20H25N5O2. The maximum absolute atomic E-state index is 12.4. The van der Waals surface area contributed by atoms with E-state index in [4.69, 9.17) is 0 Å². The van der Waals surface area contributed by atoms with Crippen LogP contribution in [0.25, 0.3) is 5.69 Å². The number of nitrogens with zero attached hydrogens (tertiary/aromatic N) is 3. The Labute approximate surface area is 158 Å². The van der Waals surface area contributed by atoms with Gasteiger partial charge in [-0.3, -0.25) is 15.0 Å². The first-order valence-corrected chi connectivity index (χ1v) is 9.56. The van der Waals surface area contributed by atoms with Gasteiger partial charge in [0.15, 0.2) is 0 Å². The van der Waals surface area contributed by atoms with Crippen molar-refractivity contribution in [2.75, 3.05) is 13.1 Å². The van der Waals surface area contributed by atoms with E-state index in [9.17, 15) is 9.59 Å². The zero-order valence-corrected chi connectivity index (χ0v) is 15.5. The van der Waals surface area contributed by atoms with Crippen molar-refractivity contribution in [3.63, 3.8) is 0 Å². The van der Waals surface area contributed by atoms with E-state index in [0.29, 0.717) is 6.42 Å². The number of amides is 3. The number of carbonyl (C=O) groups excluding carboxylic acids is 2. The molecule has 0 aliphatic carbocycles. The second-order valence-corrected chi connectivity index (χ2v) is 7.35. The number of likely N-dealkylation sites (tertiary alicyclic amines) is 1. The van der Waals surface area contributed by atoms with E-state index in [1.54, 1.807) is 0 Å². The van der Waals surface area contributed by atoms with Gasteiger partial charge in [-0.1, -0.05) is 25.1 Å². The molecule has 4 rings (SSSR count). The van der Waals surface area contributed by atoms with Crippen LogP contribution in [0.2, 0.25) is 0 Å². The number of aromatic nitrogens is 2. The van der Waals surface area contributed by atoms with Gasteiger partial charge in [-0.25, -0.2) is 9.48 Å². The summed E-state index contributed by atoms with van der Waals surface area (Å²) in [5.41, 5.74) is 1.47. The van der Waals surface area contributed by atoms with Gasteiger partial charge in [-0.15, -0.1) is 0 Å². The minimum Gasteiger partial charge on any atom is -0.323 e. The van der Waals surface area contributed by atoms with Gasteiger partial charge in [0.2, 0.25) is 0 Å². The Balaban J connectivity index is 1.42. The minimum atomic E-state index is -0.741. The van der Waals surface area contributed by atoms with Gasteiger partial charge in [-0.2, -0.15) is 5.10 Å². The van der Waals surface area contributed by atoms with Crippen molar-refractivity contribution in [3.05, 3.63) is 48.3 Å². The first-order chi connectivity index (χ1) is 13.1. The fourth-order valence-corrected chi connectivity index (χ4v) is 4.40. The average molecular weight is 367 g/mol. The summed E-state index contributed by atoms with van der Waals surface area (Å²) in [6.45, 7) is 4.58. The highest BCUT2D eigenvalue weighted by molar-refractivity contribution is 6.07. The van der Waals surface area contributed by atoms with Crippen LogP contribution in [0, 0.1) is 5.92 Å². The number of urea groups is 1. The third-order valence-electron chi connectivity index (χ3n) is 5.92. The number of hydrogen-bond acceptors (Lipinski definition) is 4. The molecule has 0 radical (unpaired) electrons. The summed E-state index contributed by atoms with van der Waals surface area (Å²) in [5, 5.41) is 9.77. The Morgan fingerprint density at radius 1 is 1.15 bits per heavy atom. The Bertz CT molecular complexity index is 826. The number of piperidine rings is 1. The lowest BCUT2D eigenvalue weighted by Crippen LogP contribution is -2.55. The second-order valence-electron chi connectivity index (χ2n) is 7.35. The zero-order chi connectivity index (χ0) is 18.9. The molecular weight excluding hydrogens is 342 g/mol. The standard InChI is InChI=1S/C20H25N5O2/c1-2-20(18(26)22-19(27)23-20)15-9-12-24(13-10-15)14-17-8-11-21-25(17)16-6-4-3-5-7-16/h3-8,11,15H,2,9-10,12-14H2,1H3,(H2,22,23,26,27)/t20-/m1/s1. The maximum atomic E-state index is 12.4. The van der Waals surface area contributed by atoms with Gasteiger partial charge >= 0.3 is 6.03 Å². The third-order valence-corrected chi connectivity index (χ3v) is 5.92. The molecule has 0 unspecified atom stereocenters. The summed E-state index contributed by atoms with van der Waals surface area (Å²) in [6, 6.07) is 11.8. The second kappa shape index (κ2) is 7.15. The molecule has 2 aliphatic heterocycles. The van der Waals surface area contributed by atoms with Gasteiger partial charge in [0.05, 0.1) is 11.4 Å². The normalized spacial score (nSPS) is 24.0. The summed E-state index contributed by atoms with van der Waals surface area (Å²) in [6.07, 6.45) is 4.23. The molecule has 1 aromatic heterocycles. The van der Waals surface area contributed by atoms with Crippen LogP contribution < -0.4 is 10.6 Å². The Morgan fingerprint density at radius 3 is 2.52 bits per heavy atom. The van der Waals surface area contributed by atoms with Gasteiger partial charge in [-0.05, 0) is 56.5 Å². The molecule has 2 aliphatic rings. The van der Waals surface area contributed by atoms with E-state index >= 15 is 0 Å². The van der Waals surface area contributed by atoms with Crippen molar-refractivity contribution < 1.29 is 9.59 Å². The fourth-order valence-electron chi connectivity index (χ4n) is 4.40. The van der Waals surface area contributed by atoms with E-state index < -0.39 is 5.54 Å². The number of para-hydroxylation sites is 1. The fraction of sp³-hybridized carbons (Fsp3) is 0.450. The van der Waals surface area contributed by atoms with Crippen LogP contribution in [-0.4, -0.2) is 45.2 Å². The molecule has 1 aromatic carbocycles. The highest BCUT2D eigenvalue weighted by Crippen LogP contribution is 2.33. The molecule has 3 heterocycles. The summed E-state index contributed by atoms with van der Waals surface area (Å²) < 4.78 is 1.98. The largest absolute Gasteiger partial charge is 0.323 e. The lowest BCUT2D eigenvalue weighted by molar-refractivity contribution is -0.126. The van der Waals surface area contributed by atoms with Crippen LogP contribution in [-0.2, 0) is 11.3 Å². The molecule has 142 valence electrons. The molecule has 7 nitrogen and oxygen atoms in total. The van der Waals surface area contributed by atoms with Crippen LogP contribution in [0.1, 0.15) is 31.9 Å². The quantitative estimate of drug-likeness (QED) is 0.793. The number of hydrogen-bond donors (Lipinski definition) is 2. The van der Waals surface area contributed by atoms with Gasteiger partial charge in [0.1, 0.15) is 5.54 Å². The SMILES string of the molecule is CC[C@]1(C2CCN(Cc3ccnn3-c3ccccc3)CC2)NC(=O)NC1=O. The first kappa shape index (κ1) is 17.7. The molecule has 2 saturated heterocycles. The monoisotopic (exact) mass is 367 g/mol. The lowest BCUT2D eigenvalue weighted by Gasteiger charge is -2.40. The van der Waals surface area contributed by atoms with E-state index in [0.717, 1.165) is 43.9 Å². The lowest BCUT2D eigenvalue weighted by atomic mass is 9.76. The van der Waals surface area contributed by atoms with Gasteiger partial charge in [0, 0.05) is 12.7 Å². The van der Waals surface area contributed by atoms with E-state index in [1.165, 1.54) is 0 Å². The average Bonchev–Trinajstić information content (AvgIpc) is 3.27. The van der Waals surface area contributed by atoms with Crippen LogP contribution in [0.5, 0.6) is 0 Å². The van der Waals surface area contributed by atoms with Crippen molar-refractivity contribution in [2.45, 2.75) is 38.3 Å². The van der Waals surface area contributed by atoms with E-state index in [-0.39, 0.29) is 17.9 Å². The molecule has 0 spiro atoms. The van der Waals surface area contributed by atoms with Crippen molar-refractivity contribution in [2.24, 2.45) is 5.92 Å². The van der Waals surface area contributed by atoms with Crippen LogP contribution in [0.4, 0.5) is 4.79 Å². The molecule has 2 N–H and O–H groups in total. The zero-order valence-electron chi connectivity index (χ0n) is 15.5. The maximum Gasteiger partial charge on any atom is 0.322 e. The van der Waals surface area contributed by atoms with Crippen molar-refractivity contribution in [1.29, 1.82) is 0 Å². The summed E-state index contributed by atoms with van der Waals surface area (Å²) in [5.74, 6) is -0.000150. The number of carbonyl (C=O) groups is 2. The highest BCUT2D eigenvalue weighted by Gasteiger charge is 2.50. The Kier molecular flexibility index (Phi) is 4.70. The van der Waals surface area contributed by atoms with Crippen LogP contribution >= 0.6 is 0 Å². The van der Waals surface area contributed by atoms with Crippen LogP contribution in [0.15, 0.2) is 42.6 Å². The van der Waals surface area contributed by atoms with E-state index in [2.05, 4.69) is 38.8 Å². The summed E-state index contributed by atoms with van der Waals surface area (Å²) >= 11 is 0. The third kappa shape index (κ3) is 3.23. The topological polar surface area (TPSA) is 79.3 Å². The highest BCUT2D eigenvalue weighted by atomic mass is 16.2. The minimum absolute atomic E-state index is 0.171. The predicted octanol–water partition coefficient (Wildman–Crippen LogP) is 2.07. The van der Waals surface area contributed by atoms with Crippen LogP contribution in [0.3, 0.4) is 0 Å². The number of benzene rings is 1. The summed E-state index contributed by atoms with van der Waals surface area (Å²) in [7, 11) is 0. The first-order valence-electron chi connectivity index (χ1n) is 9.56. The number of nitrogens with one attached hydrogen (secondary N) is 2. The Hall–Kier alpha value is -2.67. The molecule has 2 fully saturated rings. The molecule has 27 heavy (non-hydrogen) atoms. The molecule has 2 aromatic rings. The molecule has 1 atom stereocenters.